The first-order chi connectivity index (χ1) is 14.9. The molecule has 0 aliphatic carbocycles. The van der Waals surface area contributed by atoms with E-state index in [2.05, 4.69) is 12.2 Å². The normalized spacial score (nSPS) is 13.9. The van der Waals surface area contributed by atoms with Crippen molar-refractivity contribution in [3.05, 3.63) is 63.7 Å². The number of anilines is 2. The molecule has 9 heteroatoms. The van der Waals surface area contributed by atoms with Crippen molar-refractivity contribution >= 4 is 28.9 Å². The van der Waals surface area contributed by atoms with Crippen molar-refractivity contribution in [2.24, 2.45) is 5.92 Å². The van der Waals surface area contributed by atoms with Crippen LogP contribution < -0.4 is 10.2 Å². The second-order valence-electron chi connectivity index (χ2n) is 7.45. The number of hydrogen-bond acceptors (Lipinski definition) is 7. The van der Waals surface area contributed by atoms with Crippen molar-refractivity contribution in [1.29, 1.82) is 5.26 Å². The summed E-state index contributed by atoms with van der Waals surface area (Å²) in [4.78, 5) is 37.4. The van der Waals surface area contributed by atoms with Crippen LogP contribution in [0.3, 0.4) is 0 Å². The van der Waals surface area contributed by atoms with E-state index in [0.717, 1.165) is 25.9 Å². The second-order valence-corrected chi connectivity index (χ2v) is 7.45. The van der Waals surface area contributed by atoms with E-state index in [0.29, 0.717) is 22.9 Å². The number of nitrogens with zero attached hydrogens (tertiary/aromatic N) is 3. The van der Waals surface area contributed by atoms with Gasteiger partial charge in [0.05, 0.1) is 22.1 Å². The molecule has 2 aromatic carbocycles. The Morgan fingerprint density at radius 3 is 2.68 bits per heavy atom. The van der Waals surface area contributed by atoms with Gasteiger partial charge in [-0.1, -0.05) is 13.0 Å². The molecule has 2 aromatic rings. The molecule has 1 fully saturated rings. The molecule has 1 aliphatic rings. The predicted molar refractivity (Wildman–Crippen MR) is 114 cm³/mol. The molecule has 9 nitrogen and oxygen atoms in total. The van der Waals surface area contributed by atoms with Crippen LogP contribution in [0.15, 0.2) is 42.5 Å². The molecule has 3 rings (SSSR count). The maximum absolute atomic E-state index is 12.3. The highest BCUT2D eigenvalue weighted by Crippen LogP contribution is 2.32. The summed E-state index contributed by atoms with van der Waals surface area (Å²) in [5.74, 6) is -0.835. The fraction of sp³-hybridized carbons (Fsp3) is 0.318. The molecule has 1 saturated heterocycles. The van der Waals surface area contributed by atoms with Gasteiger partial charge in [-0.25, -0.2) is 4.79 Å². The lowest BCUT2D eigenvalue weighted by Crippen LogP contribution is -2.33. The Hall–Kier alpha value is -3.93. The van der Waals surface area contributed by atoms with Crippen molar-refractivity contribution in [2.45, 2.75) is 19.8 Å². The van der Waals surface area contributed by atoms with Crippen molar-refractivity contribution in [1.82, 2.24) is 0 Å². The van der Waals surface area contributed by atoms with Crippen LogP contribution >= 0.6 is 0 Å². The Bertz CT molecular complexity index is 1040. The van der Waals surface area contributed by atoms with Gasteiger partial charge in [0, 0.05) is 24.8 Å². The van der Waals surface area contributed by atoms with Gasteiger partial charge in [0.15, 0.2) is 6.61 Å². The van der Waals surface area contributed by atoms with Gasteiger partial charge in [-0.15, -0.1) is 0 Å². The summed E-state index contributed by atoms with van der Waals surface area (Å²) >= 11 is 0. The minimum Gasteiger partial charge on any atom is -0.452 e. The number of nitro benzene ring substituents is 1. The molecule has 31 heavy (non-hydrogen) atoms. The number of carbonyl (C=O) groups excluding carboxylic acids is 2. The van der Waals surface area contributed by atoms with Crippen LogP contribution in [-0.4, -0.2) is 36.5 Å². The van der Waals surface area contributed by atoms with Crippen LogP contribution in [0, 0.1) is 27.4 Å². The highest BCUT2D eigenvalue weighted by atomic mass is 16.6. The van der Waals surface area contributed by atoms with E-state index in [1.165, 1.54) is 18.2 Å². The van der Waals surface area contributed by atoms with Gasteiger partial charge in [-0.05, 0) is 49.1 Å². The molecule has 0 saturated carbocycles. The largest absolute Gasteiger partial charge is 0.452 e. The Labute approximate surface area is 179 Å². The van der Waals surface area contributed by atoms with Gasteiger partial charge >= 0.3 is 5.97 Å². The van der Waals surface area contributed by atoms with Crippen LogP contribution in [0.5, 0.6) is 0 Å². The van der Waals surface area contributed by atoms with Gasteiger partial charge in [0.2, 0.25) is 0 Å². The molecule has 1 heterocycles. The molecule has 1 N–H and O–H groups in total. The fourth-order valence-electron chi connectivity index (χ4n) is 3.39. The average Bonchev–Trinajstić information content (AvgIpc) is 2.77. The number of benzene rings is 2. The molecule has 0 bridgehead atoms. The highest BCUT2D eigenvalue weighted by Gasteiger charge is 2.25. The number of rotatable bonds is 6. The van der Waals surface area contributed by atoms with Crippen molar-refractivity contribution in [2.75, 3.05) is 29.9 Å². The lowest BCUT2D eigenvalue weighted by Gasteiger charge is -2.31. The van der Waals surface area contributed by atoms with Crippen LogP contribution in [0.1, 0.15) is 35.7 Å². The number of nitriles is 1. The lowest BCUT2D eigenvalue weighted by atomic mass is 9.98. The van der Waals surface area contributed by atoms with Crippen molar-refractivity contribution in [3.8, 4) is 6.07 Å². The SMILES string of the molecule is CC1CCN(c2ccc(C(=O)OCC(=O)Nc3cccc(C#N)c3)cc2[N+](=O)[O-])CC1. The number of amides is 1. The second kappa shape index (κ2) is 9.71. The molecule has 1 amide bonds. The van der Waals surface area contributed by atoms with Crippen LogP contribution in [0.2, 0.25) is 0 Å². The first kappa shape index (κ1) is 21.8. The molecule has 0 spiro atoms. The zero-order valence-corrected chi connectivity index (χ0v) is 17.0. The smallest absolute Gasteiger partial charge is 0.338 e. The van der Waals surface area contributed by atoms with E-state index in [9.17, 15) is 19.7 Å². The Kier molecular flexibility index (Phi) is 6.82. The Balaban J connectivity index is 1.64. The maximum Gasteiger partial charge on any atom is 0.338 e. The van der Waals surface area contributed by atoms with Gasteiger partial charge in [0.25, 0.3) is 11.6 Å². The van der Waals surface area contributed by atoms with Crippen LogP contribution in [0.4, 0.5) is 17.1 Å². The molecule has 0 atom stereocenters. The van der Waals surface area contributed by atoms with Gasteiger partial charge in [-0.2, -0.15) is 5.26 Å². The summed E-state index contributed by atoms with van der Waals surface area (Å²) in [6, 6.07) is 12.5. The first-order valence-electron chi connectivity index (χ1n) is 9.88. The minimum absolute atomic E-state index is 0.0000976. The third-order valence-corrected chi connectivity index (χ3v) is 5.14. The number of nitrogens with one attached hydrogen (secondary N) is 1. The van der Waals surface area contributed by atoms with Crippen LogP contribution in [-0.2, 0) is 9.53 Å². The minimum atomic E-state index is -0.831. The zero-order valence-electron chi connectivity index (χ0n) is 17.0. The summed E-state index contributed by atoms with van der Waals surface area (Å²) in [6.07, 6.45) is 1.90. The molecule has 0 aromatic heterocycles. The summed E-state index contributed by atoms with van der Waals surface area (Å²) < 4.78 is 5.00. The van der Waals surface area contributed by atoms with Crippen LogP contribution in [0.25, 0.3) is 0 Å². The molecule has 160 valence electrons. The van der Waals surface area contributed by atoms with E-state index >= 15 is 0 Å². The maximum atomic E-state index is 12.3. The molecule has 0 unspecified atom stereocenters. The van der Waals surface area contributed by atoms with E-state index in [-0.39, 0.29) is 11.3 Å². The van der Waals surface area contributed by atoms with Crippen molar-refractivity contribution in [3.63, 3.8) is 0 Å². The summed E-state index contributed by atoms with van der Waals surface area (Å²) in [5.41, 5.74) is 1.09. The highest BCUT2D eigenvalue weighted by molar-refractivity contribution is 5.96. The Morgan fingerprint density at radius 1 is 1.26 bits per heavy atom. The number of carbonyl (C=O) groups is 2. The first-order valence-corrected chi connectivity index (χ1v) is 9.88. The monoisotopic (exact) mass is 422 g/mol. The number of nitro groups is 1. The summed E-state index contributed by atoms with van der Waals surface area (Å²) in [6.45, 7) is 3.04. The van der Waals surface area contributed by atoms with Gasteiger partial charge < -0.3 is 15.0 Å². The van der Waals surface area contributed by atoms with Crippen molar-refractivity contribution < 1.29 is 19.2 Å². The standard InChI is InChI=1S/C22H22N4O5/c1-15-7-9-25(10-8-15)19-6-5-17(12-20(19)26(29)30)22(28)31-14-21(27)24-18-4-2-3-16(11-18)13-23/h2-6,11-12,15H,7-10,14H2,1H3,(H,24,27). The topological polar surface area (TPSA) is 126 Å². The zero-order chi connectivity index (χ0) is 22.4. The fourth-order valence-corrected chi connectivity index (χ4v) is 3.39. The summed E-state index contributed by atoms with van der Waals surface area (Å²) in [7, 11) is 0. The Morgan fingerprint density at radius 2 is 2.00 bits per heavy atom. The average molecular weight is 422 g/mol. The third-order valence-electron chi connectivity index (χ3n) is 5.14. The molecule has 0 radical (unpaired) electrons. The number of piperidine rings is 1. The quantitative estimate of drug-likeness (QED) is 0.429. The predicted octanol–water partition coefficient (Wildman–Crippen LogP) is 3.50. The van der Waals surface area contributed by atoms with E-state index in [1.54, 1.807) is 24.3 Å². The van der Waals surface area contributed by atoms with Gasteiger partial charge in [0.1, 0.15) is 5.69 Å². The molecular formula is C22H22N4O5. The lowest BCUT2D eigenvalue weighted by molar-refractivity contribution is -0.384. The van der Waals surface area contributed by atoms with Gasteiger partial charge in [-0.3, -0.25) is 14.9 Å². The van der Waals surface area contributed by atoms with E-state index in [4.69, 9.17) is 10.00 Å². The summed E-state index contributed by atoms with van der Waals surface area (Å²) in [5, 5.41) is 23.0. The van der Waals surface area contributed by atoms with E-state index in [1.807, 2.05) is 11.0 Å². The molecule has 1 aliphatic heterocycles. The van der Waals surface area contributed by atoms with E-state index < -0.39 is 23.4 Å². The molecular weight excluding hydrogens is 400 g/mol. The number of hydrogen-bond donors (Lipinski definition) is 1. The third kappa shape index (κ3) is 5.57. The number of ether oxygens (including phenoxy) is 1. The number of esters is 1.